The zero-order valence-electron chi connectivity index (χ0n) is 21.1. The first kappa shape index (κ1) is 24.5. The van der Waals surface area contributed by atoms with E-state index in [1.165, 1.54) is 42.5 Å². The van der Waals surface area contributed by atoms with E-state index in [-0.39, 0.29) is 0 Å². The molecule has 2 aromatic carbocycles. The van der Waals surface area contributed by atoms with Crippen molar-refractivity contribution in [2.45, 2.75) is 72.6 Å². The van der Waals surface area contributed by atoms with E-state index < -0.39 is 0 Å². The maximum absolute atomic E-state index is 6.18. The normalized spacial score (nSPS) is 15.3. The quantitative estimate of drug-likeness (QED) is 0.406. The second-order valence-corrected chi connectivity index (χ2v) is 10.9. The molecule has 3 heteroatoms. The highest BCUT2D eigenvalue weighted by molar-refractivity contribution is 5.57. The Bertz CT molecular complexity index is 844. The first-order chi connectivity index (χ1) is 15.2. The van der Waals surface area contributed by atoms with Gasteiger partial charge in [0.15, 0.2) is 0 Å². The summed E-state index contributed by atoms with van der Waals surface area (Å²) in [5.41, 5.74) is 4.55. The number of hydrogen-bond acceptors (Lipinski definition) is 3. The average molecular weight is 438 g/mol. The fourth-order valence-electron chi connectivity index (χ4n) is 4.50. The van der Waals surface area contributed by atoms with Gasteiger partial charge >= 0.3 is 0 Å². The predicted molar refractivity (Wildman–Crippen MR) is 136 cm³/mol. The van der Waals surface area contributed by atoms with E-state index in [0.717, 1.165) is 37.6 Å². The lowest BCUT2D eigenvalue weighted by Gasteiger charge is -2.35. The Morgan fingerprint density at radius 2 is 1.75 bits per heavy atom. The van der Waals surface area contributed by atoms with Crippen molar-refractivity contribution in [3.63, 3.8) is 0 Å². The first-order valence-electron chi connectivity index (χ1n) is 12.4. The van der Waals surface area contributed by atoms with Crippen molar-refractivity contribution in [2.24, 2.45) is 11.3 Å². The molecule has 2 aromatic rings. The molecule has 176 valence electrons. The molecule has 0 aromatic heterocycles. The molecule has 1 fully saturated rings. The number of methoxy groups -OCH3 is 1. The molecule has 1 aliphatic rings. The number of hydrogen-bond donors (Lipinski definition) is 0. The van der Waals surface area contributed by atoms with E-state index in [0.29, 0.717) is 17.3 Å². The standard InChI is InChI=1S/C29H43NO2/c1-22(2)25-9-7-11-27(19-25)32-21-23-14-17-30(18-15-23)28-20-26(31-6)13-12-24(28)10-8-16-29(3,4)5/h7,9,11-13,19-20,22-23H,8,10,14-18,21H2,1-6H3. The Morgan fingerprint density at radius 3 is 2.41 bits per heavy atom. The van der Waals surface area contributed by atoms with Crippen LogP contribution < -0.4 is 14.4 Å². The van der Waals surface area contributed by atoms with Crippen LogP contribution in [0.1, 0.15) is 77.3 Å². The van der Waals surface area contributed by atoms with Gasteiger partial charge in [0, 0.05) is 24.8 Å². The summed E-state index contributed by atoms with van der Waals surface area (Å²) in [5, 5.41) is 0. The third-order valence-corrected chi connectivity index (χ3v) is 6.63. The van der Waals surface area contributed by atoms with Crippen LogP contribution in [0.5, 0.6) is 11.5 Å². The van der Waals surface area contributed by atoms with Crippen molar-refractivity contribution in [2.75, 3.05) is 31.7 Å². The molecule has 0 unspecified atom stereocenters. The van der Waals surface area contributed by atoms with Crippen molar-refractivity contribution in [3.8, 4) is 11.5 Å². The third kappa shape index (κ3) is 7.18. The van der Waals surface area contributed by atoms with Crippen molar-refractivity contribution in [1.82, 2.24) is 0 Å². The summed E-state index contributed by atoms with van der Waals surface area (Å²) in [4.78, 5) is 2.56. The number of rotatable bonds is 9. The Labute approximate surface area is 196 Å². The molecule has 0 saturated carbocycles. The summed E-state index contributed by atoms with van der Waals surface area (Å²) in [6, 6.07) is 15.2. The van der Waals surface area contributed by atoms with Crippen LogP contribution in [0.3, 0.4) is 0 Å². The number of anilines is 1. The number of piperidine rings is 1. The van der Waals surface area contributed by atoms with Crippen LogP contribution in [-0.4, -0.2) is 26.8 Å². The van der Waals surface area contributed by atoms with Crippen LogP contribution in [0.25, 0.3) is 0 Å². The molecule has 1 heterocycles. The van der Waals surface area contributed by atoms with Crippen LogP contribution in [0.4, 0.5) is 5.69 Å². The van der Waals surface area contributed by atoms with E-state index in [1.807, 2.05) is 0 Å². The molecular formula is C29H43NO2. The second kappa shape index (κ2) is 11.1. The van der Waals surface area contributed by atoms with Gasteiger partial charge in [-0.1, -0.05) is 52.8 Å². The lowest BCUT2D eigenvalue weighted by Crippen LogP contribution is -2.36. The number of benzene rings is 2. The summed E-state index contributed by atoms with van der Waals surface area (Å²) in [5.74, 6) is 3.11. The highest BCUT2D eigenvalue weighted by atomic mass is 16.5. The van der Waals surface area contributed by atoms with Crippen LogP contribution in [0, 0.1) is 11.3 Å². The highest BCUT2D eigenvalue weighted by Crippen LogP contribution is 2.32. The Hall–Kier alpha value is -2.16. The molecule has 1 aliphatic heterocycles. The molecule has 0 spiro atoms. The monoisotopic (exact) mass is 437 g/mol. The maximum atomic E-state index is 6.18. The van der Waals surface area contributed by atoms with E-state index >= 15 is 0 Å². The van der Waals surface area contributed by atoms with Crippen molar-refractivity contribution in [3.05, 3.63) is 53.6 Å². The van der Waals surface area contributed by atoms with Crippen molar-refractivity contribution < 1.29 is 9.47 Å². The molecule has 3 rings (SSSR count). The molecular weight excluding hydrogens is 394 g/mol. The van der Waals surface area contributed by atoms with Gasteiger partial charge in [0.2, 0.25) is 0 Å². The lowest BCUT2D eigenvalue weighted by atomic mass is 9.88. The van der Waals surface area contributed by atoms with Gasteiger partial charge in [-0.15, -0.1) is 0 Å². The van der Waals surface area contributed by atoms with E-state index in [9.17, 15) is 0 Å². The predicted octanol–water partition coefficient (Wildman–Crippen LogP) is 7.48. The first-order valence-corrected chi connectivity index (χ1v) is 12.4. The Kier molecular flexibility index (Phi) is 8.51. The van der Waals surface area contributed by atoms with E-state index in [1.54, 1.807) is 7.11 Å². The van der Waals surface area contributed by atoms with Gasteiger partial charge in [-0.05, 0) is 78.7 Å². The number of aryl methyl sites for hydroxylation is 1. The topological polar surface area (TPSA) is 21.7 Å². The van der Waals surface area contributed by atoms with Crippen LogP contribution in [0.2, 0.25) is 0 Å². The van der Waals surface area contributed by atoms with Gasteiger partial charge < -0.3 is 14.4 Å². The molecule has 0 aliphatic carbocycles. The lowest BCUT2D eigenvalue weighted by molar-refractivity contribution is 0.222. The van der Waals surface area contributed by atoms with Gasteiger partial charge in [0.1, 0.15) is 11.5 Å². The van der Waals surface area contributed by atoms with E-state index in [4.69, 9.17) is 9.47 Å². The summed E-state index contributed by atoms with van der Waals surface area (Å²) in [7, 11) is 1.76. The van der Waals surface area contributed by atoms with Crippen LogP contribution in [0.15, 0.2) is 42.5 Å². The molecule has 0 amide bonds. The summed E-state index contributed by atoms with van der Waals surface area (Å²) >= 11 is 0. The van der Waals surface area contributed by atoms with Gasteiger partial charge in [-0.2, -0.15) is 0 Å². The molecule has 0 radical (unpaired) electrons. The van der Waals surface area contributed by atoms with Gasteiger partial charge in [0.05, 0.1) is 13.7 Å². The van der Waals surface area contributed by atoms with Gasteiger partial charge in [-0.25, -0.2) is 0 Å². The minimum absolute atomic E-state index is 0.389. The fourth-order valence-corrected chi connectivity index (χ4v) is 4.50. The van der Waals surface area contributed by atoms with E-state index in [2.05, 4.69) is 82.0 Å². The minimum Gasteiger partial charge on any atom is -0.497 e. The highest BCUT2D eigenvalue weighted by Gasteiger charge is 2.22. The smallest absolute Gasteiger partial charge is 0.120 e. The van der Waals surface area contributed by atoms with Crippen LogP contribution in [-0.2, 0) is 6.42 Å². The summed E-state index contributed by atoms with van der Waals surface area (Å²) < 4.78 is 11.7. The molecule has 0 bridgehead atoms. The van der Waals surface area contributed by atoms with Gasteiger partial charge in [-0.3, -0.25) is 0 Å². The molecule has 0 atom stereocenters. The summed E-state index contributed by atoms with van der Waals surface area (Å²) in [6.07, 6.45) is 5.94. The third-order valence-electron chi connectivity index (χ3n) is 6.63. The Balaban J connectivity index is 1.57. The summed E-state index contributed by atoms with van der Waals surface area (Å²) in [6.45, 7) is 14.4. The fraction of sp³-hybridized carbons (Fsp3) is 0.586. The van der Waals surface area contributed by atoms with Crippen molar-refractivity contribution >= 4 is 5.69 Å². The van der Waals surface area contributed by atoms with Crippen LogP contribution >= 0.6 is 0 Å². The zero-order valence-corrected chi connectivity index (χ0v) is 21.1. The van der Waals surface area contributed by atoms with Crippen molar-refractivity contribution in [1.29, 1.82) is 0 Å². The second-order valence-electron chi connectivity index (χ2n) is 10.9. The molecule has 0 N–H and O–H groups in total. The minimum atomic E-state index is 0.389. The Morgan fingerprint density at radius 1 is 1.00 bits per heavy atom. The zero-order chi connectivity index (χ0) is 23.1. The molecule has 3 nitrogen and oxygen atoms in total. The number of nitrogens with zero attached hydrogens (tertiary/aromatic N) is 1. The molecule has 1 saturated heterocycles. The maximum Gasteiger partial charge on any atom is 0.120 e. The number of ether oxygens (including phenoxy) is 2. The SMILES string of the molecule is COc1ccc(CCCC(C)(C)C)c(N2CCC(COc3cccc(C(C)C)c3)CC2)c1. The average Bonchev–Trinajstić information content (AvgIpc) is 2.77. The van der Waals surface area contributed by atoms with Gasteiger partial charge in [0.25, 0.3) is 0 Å². The largest absolute Gasteiger partial charge is 0.497 e. The molecule has 32 heavy (non-hydrogen) atoms.